The Morgan fingerprint density at radius 2 is 1.62 bits per heavy atom. The van der Waals surface area contributed by atoms with E-state index in [1.165, 1.54) is 21.6 Å². The van der Waals surface area contributed by atoms with Crippen LogP contribution >= 0.6 is 0 Å². The number of rotatable bonds is 3. The van der Waals surface area contributed by atoms with E-state index in [4.69, 9.17) is 0 Å². The Morgan fingerprint density at radius 3 is 2.27 bits per heavy atom. The van der Waals surface area contributed by atoms with Crippen LogP contribution < -0.4 is 5.56 Å². The zero-order valence-corrected chi connectivity index (χ0v) is 13.9. The molecule has 0 atom stereocenters. The third-order valence-corrected chi connectivity index (χ3v) is 4.29. The van der Waals surface area contributed by atoms with E-state index in [-0.39, 0.29) is 36.7 Å². The zero-order chi connectivity index (χ0) is 18.7. The van der Waals surface area contributed by atoms with Crippen LogP contribution in [0, 0.1) is 11.6 Å². The van der Waals surface area contributed by atoms with Crippen molar-refractivity contribution in [1.29, 1.82) is 0 Å². The molecule has 0 saturated carbocycles. The first kappa shape index (κ1) is 17.8. The van der Waals surface area contributed by atoms with Crippen LogP contribution in [-0.2, 0) is 11.3 Å². The largest absolute Gasteiger partial charge is 0.338 e. The highest BCUT2D eigenvalue weighted by molar-refractivity contribution is 5.94. The summed E-state index contributed by atoms with van der Waals surface area (Å²) in [6.07, 6.45) is 1.54. The highest BCUT2D eigenvalue weighted by atomic mass is 19.2. The molecule has 0 bridgehead atoms. The van der Waals surface area contributed by atoms with E-state index in [0.29, 0.717) is 13.1 Å². The van der Waals surface area contributed by atoms with Crippen LogP contribution in [0.3, 0.4) is 0 Å². The molecule has 2 amide bonds. The molecule has 2 heterocycles. The Hall–Kier alpha value is -3.03. The highest BCUT2D eigenvalue weighted by Crippen LogP contribution is 2.13. The van der Waals surface area contributed by atoms with Gasteiger partial charge < -0.3 is 14.4 Å². The van der Waals surface area contributed by atoms with Crippen LogP contribution in [0.5, 0.6) is 0 Å². The monoisotopic (exact) mass is 361 g/mol. The number of pyridine rings is 1. The topological polar surface area (TPSA) is 62.6 Å². The van der Waals surface area contributed by atoms with Crippen molar-refractivity contribution in [2.45, 2.75) is 6.54 Å². The molecule has 26 heavy (non-hydrogen) atoms. The molecule has 1 saturated heterocycles. The molecule has 1 fully saturated rings. The Balaban J connectivity index is 1.59. The number of carbonyl (C=O) groups excluding carboxylic acids is 2. The van der Waals surface area contributed by atoms with E-state index >= 15 is 0 Å². The van der Waals surface area contributed by atoms with Gasteiger partial charge in [-0.05, 0) is 24.3 Å². The first-order valence-electron chi connectivity index (χ1n) is 8.13. The Bertz CT molecular complexity index is 889. The Kier molecular flexibility index (Phi) is 5.11. The van der Waals surface area contributed by atoms with Gasteiger partial charge in [0.15, 0.2) is 11.6 Å². The zero-order valence-electron chi connectivity index (χ0n) is 13.9. The van der Waals surface area contributed by atoms with Crippen molar-refractivity contribution in [2.24, 2.45) is 0 Å². The van der Waals surface area contributed by atoms with Crippen molar-refractivity contribution >= 4 is 11.8 Å². The Morgan fingerprint density at radius 1 is 0.923 bits per heavy atom. The molecule has 136 valence electrons. The summed E-state index contributed by atoms with van der Waals surface area (Å²) in [5.41, 5.74) is -0.187. The molecule has 0 unspecified atom stereocenters. The minimum absolute atomic E-state index is 0.0587. The smallest absolute Gasteiger partial charge is 0.254 e. The van der Waals surface area contributed by atoms with Crippen LogP contribution in [-0.4, -0.2) is 52.4 Å². The molecular weight excluding hydrogens is 344 g/mol. The summed E-state index contributed by atoms with van der Waals surface area (Å²) in [4.78, 5) is 39.4. The number of carbonyl (C=O) groups is 2. The average Bonchev–Trinajstić information content (AvgIpc) is 2.65. The minimum atomic E-state index is -1.07. The molecule has 1 aromatic carbocycles. The highest BCUT2D eigenvalue weighted by Gasteiger charge is 2.25. The van der Waals surface area contributed by atoms with E-state index in [1.807, 2.05) is 0 Å². The van der Waals surface area contributed by atoms with Gasteiger partial charge in [-0.2, -0.15) is 0 Å². The lowest BCUT2D eigenvalue weighted by Gasteiger charge is -2.35. The number of benzene rings is 1. The summed E-state index contributed by atoms with van der Waals surface area (Å²) in [7, 11) is 0. The number of halogens is 2. The van der Waals surface area contributed by atoms with Crippen molar-refractivity contribution in [1.82, 2.24) is 14.4 Å². The van der Waals surface area contributed by atoms with Crippen molar-refractivity contribution in [3.63, 3.8) is 0 Å². The van der Waals surface area contributed by atoms with Crippen molar-refractivity contribution < 1.29 is 18.4 Å². The summed E-state index contributed by atoms with van der Waals surface area (Å²) >= 11 is 0. The predicted octanol–water partition coefficient (Wildman–Crippen LogP) is 1.11. The van der Waals surface area contributed by atoms with Gasteiger partial charge in [-0.15, -0.1) is 0 Å². The lowest BCUT2D eigenvalue weighted by atomic mass is 10.1. The summed E-state index contributed by atoms with van der Waals surface area (Å²) in [6, 6.07) is 7.68. The summed E-state index contributed by atoms with van der Waals surface area (Å²) in [6.45, 7) is 1.14. The fourth-order valence-corrected chi connectivity index (χ4v) is 2.81. The van der Waals surface area contributed by atoms with Crippen LogP contribution in [0.1, 0.15) is 10.4 Å². The predicted molar refractivity (Wildman–Crippen MR) is 89.5 cm³/mol. The van der Waals surface area contributed by atoms with E-state index in [9.17, 15) is 23.2 Å². The molecule has 3 rings (SSSR count). The SMILES string of the molecule is O=C(Cn1ccccc1=O)N1CCN(C(=O)c2ccc(F)c(F)c2)CC1. The second-order valence-corrected chi connectivity index (χ2v) is 5.97. The lowest BCUT2D eigenvalue weighted by Crippen LogP contribution is -2.51. The van der Waals surface area contributed by atoms with Gasteiger partial charge in [-0.25, -0.2) is 8.78 Å². The van der Waals surface area contributed by atoms with Crippen LogP contribution in [0.4, 0.5) is 8.78 Å². The van der Waals surface area contributed by atoms with Crippen LogP contribution in [0.25, 0.3) is 0 Å². The summed E-state index contributed by atoms with van der Waals surface area (Å²) in [5.74, 6) is -2.69. The molecule has 1 aromatic heterocycles. The maximum absolute atomic E-state index is 13.3. The van der Waals surface area contributed by atoms with E-state index < -0.39 is 17.5 Å². The molecule has 1 aliphatic heterocycles. The van der Waals surface area contributed by atoms with Gasteiger partial charge in [0.05, 0.1) is 0 Å². The standard InChI is InChI=1S/C18H17F2N3O3/c19-14-5-4-13(11-15(14)20)18(26)22-9-7-21(8-10-22)17(25)12-23-6-2-1-3-16(23)24/h1-6,11H,7-10,12H2. The van der Waals surface area contributed by atoms with Gasteiger partial charge in [0, 0.05) is 44.0 Å². The van der Waals surface area contributed by atoms with Gasteiger partial charge >= 0.3 is 0 Å². The van der Waals surface area contributed by atoms with Gasteiger partial charge in [-0.3, -0.25) is 14.4 Å². The second-order valence-electron chi connectivity index (χ2n) is 5.97. The molecule has 0 N–H and O–H groups in total. The van der Waals surface area contributed by atoms with E-state index in [1.54, 1.807) is 23.2 Å². The van der Waals surface area contributed by atoms with Gasteiger partial charge in [-0.1, -0.05) is 6.07 Å². The van der Waals surface area contributed by atoms with E-state index in [0.717, 1.165) is 12.1 Å². The average molecular weight is 361 g/mol. The molecular formula is C18H17F2N3O3. The van der Waals surface area contributed by atoms with Crippen LogP contribution in [0.15, 0.2) is 47.4 Å². The van der Waals surface area contributed by atoms with Crippen LogP contribution in [0.2, 0.25) is 0 Å². The molecule has 0 radical (unpaired) electrons. The third kappa shape index (κ3) is 3.79. The van der Waals surface area contributed by atoms with Crippen molar-refractivity contribution in [2.75, 3.05) is 26.2 Å². The number of aromatic nitrogens is 1. The molecule has 0 spiro atoms. The van der Waals surface area contributed by atoms with Crippen molar-refractivity contribution in [3.8, 4) is 0 Å². The van der Waals surface area contributed by atoms with Gasteiger partial charge in [0.25, 0.3) is 11.5 Å². The minimum Gasteiger partial charge on any atom is -0.338 e. The first-order valence-corrected chi connectivity index (χ1v) is 8.13. The number of nitrogens with zero attached hydrogens (tertiary/aromatic N) is 3. The number of hydrogen-bond donors (Lipinski definition) is 0. The number of hydrogen-bond acceptors (Lipinski definition) is 3. The first-order chi connectivity index (χ1) is 12.5. The quantitative estimate of drug-likeness (QED) is 0.823. The lowest BCUT2D eigenvalue weighted by molar-refractivity contribution is -0.133. The van der Waals surface area contributed by atoms with Crippen molar-refractivity contribution in [3.05, 3.63) is 70.1 Å². The molecule has 8 heteroatoms. The second kappa shape index (κ2) is 7.47. The third-order valence-electron chi connectivity index (χ3n) is 4.29. The molecule has 0 aliphatic carbocycles. The Labute approximate surface area is 148 Å². The van der Waals surface area contributed by atoms with E-state index in [2.05, 4.69) is 0 Å². The normalized spacial score (nSPS) is 14.4. The fraction of sp³-hybridized carbons (Fsp3) is 0.278. The fourth-order valence-electron chi connectivity index (χ4n) is 2.81. The maximum Gasteiger partial charge on any atom is 0.254 e. The van der Waals surface area contributed by atoms with Gasteiger partial charge in [0.2, 0.25) is 5.91 Å². The summed E-state index contributed by atoms with van der Waals surface area (Å²) < 4.78 is 27.6. The molecule has 6 nitrogen and oxygen atoms in total. The van der Waals surface area contributed by atoms with Gasteiger partial charge in [0.1, 0.15) is 6.54 Å². The maximum atomic E-state index is 13.3. The molecule has 1 aliphatic rings. The number of piperazine rings is 1. The summed E-state index contributed by atoms with van der Waals surface area (Å²) in [5, 5.41) is 0. The molecule has 2 aromatic rings. The number of amides is 2.